The second-order valence-electron chi connectivity index (χ2n) is 3.18. The van der Waals surface area contributed by atoms with Gasteiger partial charge in [-0.15, -0.1) is 0 Å². The highest BCUT2D eigenvalue weighted by molar-refractivity contribution is 5.04. The second-order valence-corrected chi connectivity index (χ2v) is 3.18. The molecule has 5 heteroatoms. The van der Waals surface area contributed by atoms with Crippen molar-refractivity contribution >= 4 is 0 Å². The standard InChI is InChI=1S/C8H12F3NO/c1-6-4-7(8(9,10)11)5-12(6)2-3-13/h7,13H,1-5H2. The number of halogens is 3. The molecule has 76 valence electrons. The van der Waals surface area contributed by atoms with E-state index in [9.17, 15) is 13.2 Å². The van der Waals surface area contributed by atoms with E-state index in [2.05, 4.69) is 6.58 Å². The van der Waals surface area contributed by atoms with E-state index >= 15 is 0 Å². The van der Waals surface area contributed by atoms with Crippen molar-refractivity contribution < 1.29 is 18.3 Å². The first-order chi connectivity index (χ1) is 5.95. The molecular weight excluding hydrogens is 183 g/mol. The number of nitrogens with zero attached hydrogens (tertiary/aromatic N) is 1. The van der Waals surface area contributed by atoms with Gasteiger partial charge in [-0.05, 0) is 6.42 Å². The molecule has 1 heterocycles. The van der Waals surface area contributed by atoms with E-state index in [0.717, 1.165) is 0 Å². The summed E-state index contributed by atoms with van der Waals surface area (Å²) >= 11 is 0. The number of β-amino-alcohol motifs (C(OH)–C–C–N with tert-alkyl or cyclic N) is 1. The lowest BCUT2D eigenvalue weighted by Crippen LogP contribution is -2.28. The molecule has 0 amide bonds. The molecule has 1 aliphatic heterocycles. The highest BCUT2D eigenvalue weighted by Gasteiger charge is 2.44. The molecule has 1 N–H and O–H groups in total. The predicted octanol–water partition coefficient (Wildman–Crippen LogP) is 1.38. The third-order valence-corrected chi connectivity index (χ3v) is 2.20. The van der Waals surface area contributed by atoms with Gasteiger partial charge < -0.3 is 10.0 Å². The summed E-state index contributed by atoms with van der Waals surface area (Å²) in [5, 5.41) is 8.57. The number of hydrogen-bond donors (Lipinski definition) is 1. The summed E-state index contributed by atoms with van der Waals surface area (Å²) in [6.07, 6.45) is -4.18. The van der Waals surface area contributed by atoms with Crippen LogP contribution in [0.3, 0.4) is 0 Å². The van der Waals surface area contributed by atoms with E-state index in [-0.39, 0.29) is 26.1 Å². The van der Waals surface area contributed by atoms with Crippen LogP contribution in [0.1, 0.15) is 6.42 Å². The average Bonchev–Trinajstić information content (AvgIpc) is 2.32. The van der Waals surface area contributed by atoms with Crippen LogP contribution in [0.2, 0.25) is 0 Å². The summed E-state index contributed by atoms with van der Waals surface area (Å²) in [5.41, 5.74) is 0.469. The molecule has 1 aliphatic rings. The first-order valence-electron chi connectivity index (χ1n) is 4.05. The maximum Gasteiger partial charge on any atom is 0.393 e. The fraction of sp³-hybridized carbons (Fsp3) is 0.750. The maximum atomic E-state index is 12.2. The first-order valence-corrected chi connectivity index (χ1v) is 4.05. The molecule has 1 unspecified atom stereocenters. The van der Waals surface area contributed by atoms with Crippen LogP contribution < -0.4 is 0 Å². The minimum absolute atomic E-state index is 0.0382. The highest BCUT2D eigenvalue weighted by Crippen LogP contribution is 2.37. The highest BCUT2D eigenvalue weighted by atomic mass is 19.4. The topological polar surface area (TPSA) is 23.5 Å². The van der Waals surface area contributed by atoms with Gasteiger partial charge >= 0.3 is 6.18 Å². The van der Waals surface area contributed by atoms with Gasteiger partial charge in [-0.3, -0.25) is 0 Å². The zero-order valence-electron chi connectivity index (χ0n) is 7.14. The zero-order valence-corrected chi connectivity index (χ0v) is 7.14. The van der Waals surface area contributed by atoms with Crippen molar-refractivity contribution in [3.8, 4) is 0 Å². The van der Waals surface area contributed by atoms with Crippen molar-refractivity contribution in [2.75, 3.05) is 19.7 Å². The lowest BCUT2D eigenvalue weighted by molar-refractivity contribution is -0.170. The fourth-order valence-corrected chi connectivity index (χ4v) is 1.46. The van der Waals surface area contributed by atoms with Crippen LogP contribution in [-0.2, 0) is 0 Å². The Hall–Kier alpha value is -0.710. The van der Waals surface area contributed by atoms with Crippen LogP contribution in [0.5, 0.6) is 0 Å². The molecule has 13 heavy (non-hydrogen) atoms. The van der Waals surface area contributed by atoms with Crippen LogP contribution >= 0.6 is 0 Å². The number of allylic oxidation sites excluding steroid dienone is 1. The molecule has 0 bridgehead atoms. The maximum absolute atomic E-state index is 12.2. The number of aliphatic hydroxyl groups is 1. The van der Waals surface area contributed by atoms with Gasteiger partial charge in [0, 0.05) is 18.8 Å². The van der Waals surface area contributed by atoms with Gasteiger partial charge in [-0.25, -0.2) is 0 Å². The van der Waals surface area contributed by atoms with Crippen molar-refractivity contribution in [1.29, 1.82) is 0 Å². The van der Waals surface area contributed by atoms with Crippen molar-refractivity contribution in [3.63, 3.8) is 0 Å². The lowest BCUT2D eigenvalue weighted by Gasteiger charge is -2.18. The Morgan fingerprint density at radius 2 is 2.15 bits per heavy atom. The molecule has 0 aromatic heterocycles. The Morgan fingerprint density at radius 3 is 2.54 bits per heavy atom. The van der Waals surface area contributed by atoms with Gasteiger partial charge in [0.25, 0.3) is 0 Å². The van der Waals surface area contributed by atoms with Gasteiger partial charge in [-0.1, -0.05) is 6.58 Å². The minimum Gasteiger partial charge on any atom is -0.395 e. The quantitative estimate of drug-likeness (QED) is 0.719. The molecule has 0 spiro atoms. The normalized spacial score (nSPS) is 24.2. The summed E-state index contributed by atoms with van der Waals surface area (Å²) in [7, 11) is 0. The summed E-state index contributed by atoms with van der Waals surface area (Å²) in [4.78, 5) is 1.48. The smallest absolute Gasteiger partial charge is 0.393 e. The zero-order chi connectivity index (χ0) is 10.1. The molecule has 1 fully saturated rings. The van der Waals surface area contributed by atoms with Gasteiger partial charge in [0.2, 0.25) is 0 Å². The Labute approximate surface area is 74.6 Å². The van der Waals surface area contributed by atoms with E-state index in [0.29, 0.717) is 5.70 Å². The van der Waals surface area contributed by atoms with Crippen molar-refractivity contribution in [1.82, 2.24) is 4.90 Å². The molecule has 1 atom stereocenters. The third kappa shape index (κ3) is 2.37. The van der Waals surface area contributed by atoms with E-state index < -0.39 is 12.1 Å². The summed E-state index contributed by atoms with van der Waals surface area (Å²) in [6, 6.07) is 0. The third-order valence-electron chi connectivity index (χ3n) is 2.20. The first kappa shape index (κ1) is 10.4. The van der Waals surface area contributed by atoms with E-state index in [1.54, 1.807) is 0 Å². The molecule has 0 aromatic carbocycles. The minimum atomic E-state index is -4.15. The Morgan fingerprint density at radius 1 is 1.54 bits per heavy atom. The van der Waals surface area contributed by atoms with Crippen molar-refractivity contribution in [2.45, 2.75) is 12.6 Å². The van der Waals surface area contributed by atoms with Crippen molar-refractivity contribution in [2.24, 2.45) is 5.92 Å². The summed E-state index contributed by atoms with van der Waals surface area (Å²) in [6.45, 7) is 3.57. The Balaban J connectivity index is 2.55. The monoisotopic (exact) mass is 195 g/mol. The summed E-state index contributed by atoms with van der Waals surface area (Å²) in [5.74, 6) is -1.31. The Kier molecular flexibility index (Phi) is 2.85. The molecule has 0 aliphatic carbocycles. The second kappa shape index (κ2) is 3.57. The van der Waals surface area contributed by atoms with Crippen LogP contribution in [0, 0.1) is 5.92 Å². The molecule has 0 aromatic rings. The number of hydrogen-bond acceptors (Lipinski definition) is 2. The van der Waals surface area contributed by atoms with Gasteiger partial charge in [0.15, 0.2) is 0 Å². The van der Waals surface area contributed by atoms with E-state index in [4.69, 9.17) is 5.11 Å². The molecule has 1 rings (SSSR count). The number of rotatable bonds is 2. The van der Waals surface area contributed by atoms with Crippen LogP contribution in [0.25, 0.3) is 0 Å². The molecule has 0 radical (unpaired) electrons. The largest absolute Gasteiger partial charge is 0.395 e. The molecule has 1 saturated heterocycles. The fourth-order valence-electron chi connectivity index (χ4n) is 1.46. The van der Waals surface area contributed by atoms with E-state index in [1.807, 2.05) is 0 Å². The lowest BCUT2D eigenvalue weighted by atomic mass is 10.1. The van der Waals surface area contributed by atoms with Gasteiger partial charge in [0.05, 0.1) is 12.5 Å². The van der Waals surface area contributed by atoms with Crippen LogP contribution in [-0.4, -0.2) is 35.9 Å². The van der Waals surface area contributed by atoms with E-state index in [1.165, 1.54) is 4.90 Å². The Bertz CT molecular complexity index is 202. The summed E-state index contributed by atoms with van der Waals surface area (Å²) < 4.78 is 36.7. The molecule has 2 nitrogen and oxygen atoms in total. The van der Waals surface area contributed by atoms with Crippen LogP contribution in [0.15, 0.2) is 12.3 Å². The van der Waals surface area contributed by atoms with Crippen LogP contribution in [0.4, 0.5) is 13.2 Å². The van der Waals surface area contributed by atoms with Gasteiger partial charge in [0.1, 0.15) is 0 Å². The predicted molar refractivity (Wildman–Crippen MR) is 42.0 cm³/mol. The number of aliphatic hydroxyl groups excluding tert-OH is 1. The molecule has 0 saturated carbocycles. The van der Waals surface area contributed by atoms with Gasteiger partial charge in [-0.2, -0.15) is 13.2 Å². The number of alkyl halides is 3. The van der Waals surface area contributed by atoms with Crippen molar-refractivity contribution in [3.05, 3.63) is 12.3 Å². The number of likely N-dealkylation sites (tertiary alicyclic amines) is 1. The molecular formula is C8H12F3NO. The average molecular weight is 195 g/mol. The SMILES string of the molecule is C=C1CC(C(F)(F)F)CN1CCO.